The van der Waals surface area contributed by atoms with Crippen LogP contribution >= 0.6 is 24.0 Å². The van der Waals surface area contributed by atoms with Gasteiger partial charge in [0.1, 0.15) is 5.75 Å². The molecule has 1 aromatic carbocycles. The summed E-state index contributed by atoms with van der Waals surface area (Å²) in [4.78, 5) is 4.22. The smallest absolute Gasteiger partial charge is 0.222 e. The third kappa shape index (κ3) is 3.35. The second kappa shape index (κ2) is 6.59. The van der Waals surface area contributed by atoms with E-state index in [1.807, 2.05) is 25.1 Å². The van der Waals surface area contributed by atoms with Gasteiger partial charge in [-0.15, -0.1) is 12.4 Å². The van der Waals surface area contributed by atoms with Crippen molar-refractivity contribution in [3.63, 3.8) is 0 Å². The lowest BCUT2D eigenvalue weighted by Crippen LogP contribution is -1.99. The SMILES string of the molecule is Cc1cc(CN)cnc1Oc1ccccc1Cl.Cl. The number of aromatic nitrogens is 1. The highest BCUT2D eigenvalue weighted by Crippen LogP contribution is 2.29. The van der Waals surface area contributed by atoms with Gasteiger partial charge in [-0.25, -0.2) is 4.98 Å². The summed E-state index contributed by atoms with van der Waals surface area (Å²) >= 11 is 6.01. The minimum absolute atomic E-state index is 0. The monoisotopic (exact) mass is 284 g/mol. The Morgan fingerprint density at radius 2 is 2.06 bits per heavy atom. The maximum Gasteiger partial charge on any atom is 0.222 e. The molecule has 1 aromatic heterocycles. The summed E-state index contributed by atoms with van der Waals surface area (Å²) in [5.41, 5.74) is 7.46. The van der Waals surface area contributed by atoms with Crippen molar-refractivity contribution in [1.82, 2.24) is 4.98 Å². The van der Waals surface area contributed by atoms with Crippen LogP contribution in [-0.2, 0) is 6.54 Å². The highest BCUT2D eigenvalue weighted by Gasteiger charge is 2.06. The van der Waals surface area contributed by atoms with E-state index in [0.717, 1.165) is 11.1 Å². The van der Waals surface area contributed by atoms with Crippen LogP contribution in [0, 0.1) is 6.92 Å². The van der Waals surface area contributed by atoms with Crippen molar-refractivity contribution in [3.8, 4) is 11.6 Å². The fourth-order valence-electron chi connectivity index (χ4n) is 1.47. The van der Waals surface area contributed by atoms with Gasteiger partial charge in [0.25, 0.3) is 0 Å². The number of nitrogens with two attached hydrogens (primary N) is 1. The molecule has 0 spiro atoms. The van der Waals surface area contributed by atoms with Gasteiger partial charge in [0.15, 0.2) is 0 Å². The molecule has 0 saturated carbocycles. The molecule has 0 aliphatic carbocycles. The molecule has 1 heterocycles. The second-order valence-electron chi connectivity index (χ2n) is 3.70. The van der Waals surface area contributed by atoms with Crippen LogP contribution in [0.1, 0.15) is 11.1 Å². The number of rotatable bonds is 3. The Labute approximate surface area is 117 Å². The lowest BCUT2D eigenvalue weighted by atomic mass is 10.2. The second-order valence-corrected chi connectivity index (χ2v) is 4.11. The van der Waals surface area contributed by atoms with Gasteiger partial charge in [0.05, 0.1) is 5.02 Å². The van der Waals surface area contributed by atoms with Crippen molar-refractivity contribution in [1.29, 1.82) is 0 Å². The third-order valence-electron chi connectivity index (χ3n) is 2.37. The lowest BCUT2D eigenvalue weighted by molar-refractivity contribution is 0.458. The minimum Gasteiger partial charge on any atom is -0.437 e. The molecule has 0 aliphatic rings. The summed E-state index contributed by atoms with van der Waals surface area (Å²) in [7, 11) is 0. The van der Waals surface area contributed by atoms with Gasteiger partial charge in [0, 0.05) is 18.3 Å². The first-order valence-corrected chi connectivity index (χ1v) is 5.66. The lowest BCUT2D eigenvalue weighted by Gasteiger charge is -2.09. The summed E-state index contributed by atoms with van der Waals surface area (Å²) in [5, 5.41) is 0.566. The predicted octanol–water partition coefficient (Wildman–Crippen LogP) is 3.72. The van der Waals surface area contributed by atoms with Gasteiger partial charge in [-0.3, -0.25) is 0 Å². The number of pyridine rings is 1. The number of para-hydroxylation sites is 1. The Morgan fingerprint density at radius 1 is 1.33 bits per heavy atom. The van der Waals surface area contributed by atoms with E-state index in [0.29, 0.717) is 23.2 Å². The molecule has 96 valence electrons. The zero-order valence-electron chi connectivity index (χ0n) is 9.89. The first-order valence-electron chi connectivity index (χ1n) is 5.28. The Balaban J connectivity index is 0.00000162. The number of halogens is 2. The van der Waals surface area contributed by atoms with E-state index < -0.39 is 0 Å². The van der Waals surface area contributed by atoms with Crippen LogP contribution in [0.3, 0.4) is 0 Å². The summed E-state index contributed by atoms with van der Waals surface area (Å²) in [6.07, 6.45) is 1.71. The molecular weight excluding hydrogens is 271 g/mol. The number of ether oxygens (including phenoxy) is 1. The summed E-state index contributed by atoms with van der Waals surface area (Å²) in [6.45, 7) is 2.40. The first kappa shape index (κ1) is 14.8. The van der Waals surface area contributed by atoms with Crippen molar-refractivity contribution >= 4 is 24.0 Å². The van der Waals surface area contributed by atoms with Crippen molar-refractivity contribution in [2.24, 2.45) is 5.73 Å². The maximum atomic E-state index is 6.01. The summed E-state index contributed by atoms with van der Waals surface area (Å²) < 4.78 is 5.66. The van der Waals surface area contributed by atoms with Gasteiger partial charge in [-0.1, -0.05) is 23.7 Å². The predicted molar refractivity (Wildman–Crippen MR) is 75.6 cm³/mol. The van der Waals surface area contributed by atoms with Crippen LogP contribution in [0.5, 0.6) is 11.6 Å². The molecule has 0 atom stereocenters. The van der Waals surface area contributed by atoms with Crippen molar-refractivity contribution in [3.05, 3.63) is 52.7 Å². The van der Waals surface area contributed by atoms with Gasteiger partial charge in [-0.05, 0) is 30.7 Å². The molecular formula is C13H14Cl2N2O. The Morgan fingerprint density at radius 3 is 2.67 bits per heavy atom. The van der Waals surface area contributed by atoms with Gasteiger partial charge in [-0.2, -0.15) is 0 Å². The van der Waals surface area contributed by atoms with E-state index in [2.05, 4.69) is 4.98 Å². The number of aryl methyl sites for hydroxylation is 1. The number of hydrogen-bond acceptors (Lipinski definition) is 3. The third-order valence-corrected chi connectivity index (χ3v) is 2.68. The van der Waals surface area contributed by atoms with Crippen LogP contribution in [0.25, 0.3) is 0 Å². The summed E-state index contributed by atoms with van der Waals surface area (Å²) in [5.74, 6) is 1.15. The Bertz CT molecular complexity index is 532. The molecule has 3 nitrogen and oxygen atoms in total. The zero-order chi connectivity index (χ0) is 12.3. The molecule has 0 saturated heterocycles. The van der Waals surface area contributed by atoms with E-state index in [1.165, 1.54) is 0 Å². The molecule has 18 heavy (non-hydrogen) atoms. The minimum atomic E-state index is 0. The van der Waals surface area contributed by atoms with Crippen LogP contribution in [0.4, 0.5) is 0 Å². The quantitative estimate of drug-likeness (QED) is 0.935. The highest BCUT2D eigenvalue weighted by molar-refractivity contribution is 6.32. The van der Waals surface area contributed by atoms with E-state index in [-0.39, 0.29) is 12.4 Å². The van der Waals surface area contributed by atoms with Crippen LogP contribution < -0.4 is 10.5 Å². The van der Waals surface area contributed by atoms with E-state index >= 15 is 0 Å². The van der Waals surface area contributed by atoms with Gasteiger partial charge in [0.2, 0.25) is 5.88 Å². The van der Waals surface area contributed by atoms with E-state index in [1.54, 1.807) is 18.3 Å². The van der Waals surface area contributed by atoms with Crippen LogP contribution in [-0.4, -0.2) is 4.98 Å². The average Bonchev–Trinajstić information content (AvgIpc) is 2.34. The largest absolute Gasteiger partial charge is 0.437 e. The molecule has 2 N–H and O–H groups in total. The van der Waals surface area contributed by atoms with E-state index in [4.69, 9.17) is 22.1 Å². The van der Waals surface area contributed by atoms with Crippen molar-refractivity contribution in [2.75, 3.05) is 0 Å². The standard InChI is InChI=1S/C13H13ClN2O.ClH/c1-9-6-10(7-15)8-16-13(9)17-12-5-3-2-4-11(12)14;/h2-6,8H,7,15H2,1H3;1H. The van der Waals surface area contributed by atoms with E-state index in [9.17, 15) is 0 Å². The molecule has 0 fully saturated rings. The van der Waals surface area contributed by atoms with Crippen molar-refractivity contribution in [2.45, 2.75) is 13.5 Å². The number of hydrogen-bond donors (Lipinski definition) is 1. The highest BCUT2D eigenvalue weighted by atomic mass is 35.5. The normalized spacial score (nSPS) is 9.72. The molecule has 0 radical (unpaired) electrons. The van der Waals surface area contributed by atoms with Crippen LogP contribution in [0.15, 0.2) is 36.5 Å². The molecule has 2 rings (SSSR count). The summed E-state index contributed by atoms with van der Waals surface area (Å²) in [6, 6.07) is 9.26. The fraction of sp³-hybridized carbons (Fsp3) is 0.154. The maximum absolute atomic E-state index is 6.01. The molecule has 0 bridgehead atoms. The van der Waals surface area contributed by atoms with Crippen molar-refractivity contribution < 1.29 is 4.74 Å². The molecule has 2 aromatic rings. The Kier molecular flexibility index (Phi) is 5.41. The molecule has 0 aliphatic heterocycles. The first-order chi connectivity index (χ1) is 8.20. The van der Waals surface area contributed by atoms with Crippen LogP contribution in [0.2, 0.25) is 5.02 Å². The molecule has 0 amide bonds. The number of nitrogens with zero attached hydrogens (tertiary/aromatic N) is 1. The average molecular weight is 285 g/mol. The van der Waals surface area contributed by atoms with Gasteiger partial charge < -0.3 is 10.5 Å². The zero-order valence-corrected chi connectivity index (χ0v) is 11.5. The Hall–Kier alpha value is -1.29. The molecule has 0 unspecified atom stereocenters. The van der Waals surface area contributed by atoms with Gasteiger partial charge >= 0.3 is 0 Å². The topological polar surface area (TPSA) is 48.1 Å². The number of benzene rings is 1. The molecule has 5 heteroatoms. The fourth-order valence-corrected chi connectivity index (χ4v) is 1.64.